The molecule has 2 aromatic rings. The van der Waals surface area contributed by atoms with Crippen LogP contribution in [0.1, 0.15) is 58.4 Å². The van der Waals surface area contributed by atoms with Crippen LogP contribution in [0.2, 0.25) is 0 Å². The van der Waals surface area contributed by atoms with Crippen LogP contribution < -0.4 is 10.9 Å². The standard InChI is InChI=1S/C21H26N4O5/c1-4-10-21(11-5-2)19(28)25(20(29)24-21)12-16(26)30-13(3)17-22-15-9-7-6-8-14(15)18(27)23-17/h6-9,13H,4-5,10-12H2,1-3H3,(H,24,29)(H,22,23,27)/t13-/m0/s1. The molecule has 1 atom stereocenters. The average Bonchev–Trinajstić information content (AvgIpc) is 2.92. The highest BCUT2D eigenvalue weighted by Gasteiger charge is 2.50. The van der Waals surface area contributed by atoms with Gasteiger partial charge in [-0.2, -0.15) is 0 Å². The lowest BCUT2D eigenvalue weighted by molar-refractivity contribution is -0.152. The molecule has 0 bridgehead atoms. The quantitative estimate of drug-likeness (QED) is 0.505. The summed E-state index contributed by atoms with van der Waals surface area (Å²) in [6, 6.07) is 6.24. The highest BCUT2D eigenvalue weighted by atomic mass is 16.5. The smallest absolute Gasteiger partial charge is 0.326 e. The molecule has 0 aliphatic carbocycles. The monoisotopic (exact) mass is 414 g/mol. The van der Waals surface area contributed by atoms with E-state index in [-0.39, 0.29) is 11.4 Å². The predicted molar refractivity (Wildman–Crippen MR) is 110 cm³/mol. The van der Waals surface area contributed by atoms with Gasteiger partial charge in [-0.1, -0.05) is 38.8 Å². The summed E-state index contributed by atoms with van der Waals surface area (Å²) in [6.07, 6.45) is 1.61. The van der Waals surface area contributed by atoms with E-state index in [9.17, 15) is 19.2 Å². The van der Waals surface area contributed by atoms with E-state index in [1.165, 1.54) is 0 Å². The van der Waals surface area contributed by atoms with Gasteiger partial charge in [0, 0.05) is 0 Å². The van der Waals surface area contributed by atoms with E-state index in [1.54, 1.807) is 31.2 Å². The van der Waals surface area contributed by atoms with Crippen molar-refractivity contribution in [1.29, 1.82) is 0 Å². The topological polar surface area (TPSA) is 121 Å². The fraction of sp³-hybridized carbons (Fsp3) is 0.476. The Bertz CT molecular complexity index is 1030. The number of nitrogens with one attached hydrogen (secondary N) is 2. The first kappa shape index (κ1) is 21.5. The number of benzene rings is 1. The number of nitrogens with zero attached hydrogens (tertiary/aromatic N) is 2. The summed E-state index contributed by atoms with van der Waals surface area (Å²) in [4.78, 5) is 57.7. The molecule has 30 heavy (non-hydrogen) atoms. The number of imide groups is 1. The van der Waals surface area contributed by atoms with Crippen molar-refractivity contribution in [3.05, 3.63) is 40.4 Å². The van der Waals surface area contributed by atoms with Gasteiger partial charge in [0.2, 0.25) is 0 Å². The second-order valence-electron chi connectivity index (χ2n) is 7.50. The number of fused-ring (bicyclic) bond motifs is 1. The zero-order valence-electron chi connectivity index (χ0n) is 17.4. The first-order chi connectivity index (χ1) is 14.3. The molecule has 1 saturated heterocycles. The number of aromatic nitrogens is 2. The molecule has 9 nitrogen and oxygen atoms in total. The number of H-pyrrole nitrogens is 1. The third-order valence-corrected chi connectivity index (χ3v) is 5.21. The lowest BCUT2D eigenvalue weighted by Crippen LogP contribution is -2.47. The highest BCUT2D eigenvalue weighted by Crippen LogP contribution is 2.28. The summed E-state index contributed by atoms with van der Waals surface area (Å²) in [5.74, 6) is -0.973. The minimum atomic E-state index is -0.961. The van der Waals surface area contributed by atoms with Crippen molar-refractivity contribution in [2.75, 3.05) is 6.54 Å². The number of esters is 1. The van der Waals surface area contributed by atoms with E-state index in [0.29, 0.717) is 23.7 Å². The molecule has 0 spiro atoms. The van der Waals surface area contributed by atoms with Crippen LogP contribution in [0.5, 0.6) is 0 Å². The normalized spacial score (nSPS) is 16.6. The zero-order chi connectivity index (χ0) is 21.9. The minimum Gasteiger partial charge on any atom is -0.453 e. The Kier molecular flexibility index (Phi) is 6.19. The number of carbonyl (C=O) groups excluding carboxylic acids is 3. The first-order valence-electron chi connectivity index (χ1n) is 10.1. The van der Waals surface area contributed by atoms with E-state index in [2.05, 4.69) is 15.3 Å². The number of rotatable bonds is 8. The molecule has 1 aromatic carbocycles. The number of hydrogen-bond acceptors (Lipinski definition) is 6. The summed E-state index contributed by atoms with van der Waals surface area (Å²) >= 11 is 0. The number of para-hydroxylation sites is 1. The molecule has 2 N–H and O–H groups in total. The molecular formula is C21H26N4O5. The maximum absolute atomic E-state index is 12.9. The van der Waals surface area contributed by atoms with Crippen LogP contribution in [-0.4, -0.2) is 44.9 Å². The van der Waals surface area contributed by atoms with Gasteiger partial charge in [0.15, 0.2) is 11.9 Å². The molecule has 160 valence electrons. The van der Waals surface area contributed by atoms with E-state index < -0.39 is 36.1 Å². The second-order valence-corrected chi connectivity index (χ2v) is 7.50. The van der Waals surface area contributed by atoms with Crippen LogP contribution in [0.25, 0.3) is 10.9 Å². The summed E-state index contributed by atoms with van der Waals surface area (Å²) in [6.45, 7) is 4.94. The number of hydrogen-bond donors (Lipinski definition) is 2. The molecule has 1 fully saturated rings. The number of ether oxygens (including phenoxy) is 1. The Balaban J connectivity index is 1.71. The summed E-state index contributed by atoms with van der Waals surface area (Å²) in [5, 5.41) is 3.19. The maximum atomic E-state index is 12.9. The van der Waals surface area contributed by atoms with Gasteiger partial charge in [-0.25, -0.2) is 9.78 Å². The predicted octanol–water partition coefficient (Wildman–Crippen LogP) is 2.42. The first-order valence-corrected chi connectivity index (χ1v) is 10.1. The molecule has 9 heteroatoms. The maximum Gasteiger partial charge on any atom is 0.326 e. The van der Waals surface area contributed by atoms with Crippen molar-refractivity contribution in [2.45, 2.75) is 58.1 Å². The molecule has 3 rings (SSSR count). The SMILES string of the molecule is CCCC1(CCC)NC(=O)N(CC(=O)O[C@@H](C)c2nc3ccccc3c(=O)[nH]2)C1=O. The largest absolute Gasteiger partial charge is 0.453 e. The lowest BCUT2D eigenvalue weighted by atomic mass is 9.88. The Morgan fingerprint density at radius 1 is 1.17 bits per heavy atom. The Labute approximate surface area is 173 Å². The molecule has 1 aliphatic rings. The van der Waals surface area contributed by atoms with Crippen molar-refractivity contribution in [2.24, 2.45) is 0 Å². The molecule has 3 amide bonds. The molecule has 1 aliphatic heterocycles. The molecule has 0 radical (unpaired) electrons. The van der Waals surface area contributed by atoms with E-state index in [4.69, 9.17) is 4.74 Å². The summed E-state index contributed by atoms with van der Waals surface area (Å²) in [7, 11) is 0. The van der Waals surface area contributed by atoms with Crippen LogP contribution in [0.4, 0.5) is 4.79 Å². The Morgan fingerprint density at radius 3 is 2.50 bits per heavy atom. The molecular weight excluding hydrogens is 388 g/mol. The second kappa shape index (κ2) is 8.64. The van der Waals surface area contributed by atoms with Crippen molar-refractivity contribution in [1.82, 2.24) is 20.2 Å². The van der Waals surface area contributed by atoms with Gasteiger partial charge in [0.25, 0.3) is 11.5 Å². The van der Waals surface area contributed by atoms with Crippen LogP contribution in [0.3, 0.4) is 0 Å². The van der Waals surface area contributed by atoms with Crippen LogP contribution in [0.15, 0.2) is 29.1 Å². The molecule has 1 aromatic heterocycles. The van der Waals surface area contributed by atoms with Crippen molar-refractivity contribution in [3.8, 4) is 0 Å². The fourth-order valence-corrected chi connectivity index (χ4v) is 3.85. The van der Waals surface area contributed by atoms with Gasteiger partial charge in [0.05, 0.1) is 10.9 Å². The number of aromatic amines is 1. The highest BCUT2D eigenvalue weighted by molar-refractivity contribution is 6.08. The zero-order valence-corrected chi connectivity index (χ0v) is 17.4. The van der Waals surface area contributed by atoms with Gasteiger partial charge in [-0.3, -0.25) is 19.3 Å². The Hall–Kier alpha value is -3.23. The van der Waals surface area contributed by atoms with Gasteiger partial charge in [-0.05, 0) is 31.9 Å². The van der Waals surface area contributed by atoms with E-state index in [0.717, 1.165) is 17.7 Å². The van der Waals surface area contributed by atoms with Crippen LogP contribution in [-0.2, 0) is 14.3 Å². The van der Waals surface area contributed by atoms with Crippen molar-refractivity contribution >= 4 is 28.8 Å². The third kappa shape index (κ3) is 4.05. The molecule has 0 unspecified atom stereocenters. The van der Waals surface area contributed by atoms with Gasteiger partial charge < -0.3 is 15.0 Å². The van der Waals surface area contributed by atoms with Gasteiger partial charge in [-0.15, -0.1) is 0 Å². The average molecular weight is 414 g/mol. The fourth-order valence-electron chi connectivity index (χ4n) is 3.85. The van der Waals surface area contributed by atoms with E-state index in [1.807, 2.05) is 13.8 Å². The van der Waals surface area contributed by atoms with E-state index >= 15 is 0 Å². The van der Waals surface area contributed by atoms with Crippen LogP contribution in [0, 0.1) is 0 Å². The summed E-state index contributed by atoms with van der Waals surface area (Å²) in [5.41, 5.74) is -0.814. The van der Waals surface area contributed by atoms with Gasteiger partial charge in [0.1, 0.15) is 12.1 Å². The van der Waals surface area contributed by atoms with Gasteiger partial charge >= 0.3 is 12.0 Å². The number of urea groups is 1. The molecule has 0 saturated carbocycles. The number of amides is 3. The van der Waals surface area contributed by atoms with Crippen molar-refractivity contribution < 1.29 is 19.1 Å². The summed E-state index contributed by atoms with van der Waals surface area (Å²) < 4.78 is 5.34. The lowest BCUT2D eigenvalue weighted by Gasteiger charge is -2.25. The van der Waals surface area contributed by atoms with Crippen molar-refractivity contribution in [3.63, 3.8) is 0 Å². The minimum absolute atomic E-state index is 0.190. The molecule has 2 heterocycles. The third-order valence-electron chi connectivity index (χ3n) is 5.21. The number of carbonyl (C=O) groups is 3. The Morgan fingerprint density at radius 2 is 1.83 bits per heavy atom. The van der Waals surface area contributed by atoms with Crippen LogP contribution >= 0.6 is 0 Å².